The summed E-state index contributed by atoms with van der Waals surface area (Å²) in [6.07, 6.45) is 3.52. The highest BCUT2D eigenvalue weighted by molar-refractivity contribution is 6.22. The van der Waals surface area contributed by atoms with Gasteiger partial charge in [0.25, 0.3) is 0 Å². The molecular weight excluding hydrogens is 342 g/mol. The third kappa shape index (κ3) is 3.25. The minimum atomic E-state index is -0.472. The molecule has 4 rings (SSSR count). The average Bonchev–Trinajstić information content (AvgIpc) is 2.93. The molecule has 2 atom stereocenters. The third-order valence-electron chi connectivity index (χ3n) is 5.41. The van der Waals surface area contributed by atoms with Crippen molar-refractivity contribution in [2.24, 2.45) is 11.8 Å². The fraction of sp³-hybridized carbons (Fsp3) is 0.318. The first-order valence-electron chi connectivity index (χ1n) is 9.31. The Kier molecular flexibility index (Phi) is 4.52. The van der Waals surface area contributed by atoms with Crippen molar-refractivity contribution in [3.63, 3.8) is 0 Å². The van der Waals surface area contributed by atoms with Crippen LogP contribution in [0.4, 0.5) is 5.69 Å². The number of aryl methyl sites for hydroxylation is 1. The number of benzene rings is 2. The second-order valence-electron chi connectivity index (χ2n) is 7.26. The number of nitrogens with zero attached hydrogens (tertiary/aromatic N) is 1. The summed E-state index contributed by atoms with van der Waals surface area (Å²) < 4.78 is 5.44. The van der Waals surface area contributed by atoms with Crippen LogP contribution in [0.1, 0.15) is 41.6 Å². The second-order valence-corrected chi connectivity index (χ2v) is 7.26. The number of hydrogen-bond donors (Lipinski definition) is 0. The van der Waals surface area contributed by atoms with Gasteiger partial charge >= 0.3 is 5.97 Å². The van der Waals surface area contributed by atoms with E-state index < -0.39 is 5.97 Å². The van der Waals surface area contributed by atoms with Crippen LogP contribution < -0.4 is 9.64 Å². The predicted molar refractivity (Wildman–Crippen MR) is 101 cm³/mol. The van der Waals surface area contributed by atoms with E-state index in [0.717, 1.165) is 31.2 Å². The molecule has 2 fully saturated rings. The molecular formula is C22H21NO4. The van der Waals surface area contributed by atoms with Gasteiger partial charge in [-0.2, -0.15) is 0 Å². The summed E-state index contributed by atoms with van der Waals surface area (Å²) in [6.45, 7) is 1.94. The maximum Gasteiger partial charge on any atom is 0.343 e. The summed E-state index contributed by atoms with van der Waals surface area (Å²) in [6, 6.07) is 13.7. The molecule has 5 heteroatoms. The molecule has 0 N–H and O–H groups in total. The standard InChI is InChI=1S/C22H21NO4/c1-14-9-11-15(12-10-14)22(26)27-17-6-4-5-16(13-17)23-20(24)18-7-2-3-8-19(18)21(23)25/h4-6,9-13,18-19H,2-3,7-8H2,1H3/t18-,19+. The lowest BCUT2D eigenvalue weighted by Gasteiger charge is -2.19. The third-order valence-corrected chi connectivity index (χ3v) is 5.41. The molecule has 2 aromatic rings. The number of carbonyl (C=O) groups is 3. The lowest BCUT2D eigenvalue weighted by Crippen LogP contribution is -2.30. The highest BCUT2D eigenvalue weighted by Gasteiger charge is 2.48. The minimum absolute atomic E-state index is 0.133. The summed E-state index contributed by atoms with van der Waals surface area (Å²) in [5, 5.41) is 0. The molecule has 1 heterocycles. The molecule has 2 aromatic carbocycles. The summed E-state index contributed by atoms with van der Waals surface area (Å²) in [5.74, 6) is -0.832. The minimum Gasteiger partial charge on any atom is -0.423 e. The van der Waals surface area contributed by atoms with E-state index in [9.17, 15) is 14.4 Å². The summed E-state index contributed by atoms with van der Waals surface area (Å²) in [4.78, 5) is 39.1. The molecule has 2 amide bonds. The summed E-state index contributed by atoms with van der Waals surface area (Å²) in [7, 11) is 0. The molecule has 1 saturated carbocycles. The van der Waals surface area contributed by atoms with Crippen molar-refractivity contribution >= 4 is 23.5 Å². The zero-order valence-corrected chi connectivity index (χ0v) is 15.2. The first-order chi connectivity index (χ1) is 13.0. The molecule has 1 aliphatic heterocycles. The van der Waals surface area contributed by atoms with Crippen molar-refractivity contribution in [3.05, 3.63) is 59.7 Å². The quantitative estimate of drug-likeness (QED) is 0.471. The Labute approximate surface area is 157 Å². The molecule has 0 radical (unpaired) electrons. The average molecular weight is 363 g/mol. The molecule has 0 aromatic heterocycles. The Morgan fingerprint density at radius 3 is 2.22 bits per heavy atom. The van der Waals surface area contributed by atoms with Crippen molar-refractivity contribution in [2.45, 2.75) is 32.6 Å². The first-order valence-corrected chi connectivity index (χ1v) is 9.31. The number of hydrogen-bond acceptors (Lipinski definition) is 4. The van der Waals surface area contributed by atoms with Crippen LogP contribution in [0.2, 0.25) is 0 Å². The number of ether oxygens (including phenoxy) is 1. The molecule has 0 spiro atoms. The normalized spacial score (nSPS) is 21.9. The highest BCUT2D eigenvalue weighted by atomic mass is 16.5. The summed E-state index contributed by atoms with van der Waals surface area (Å²) in [5.41, 5.74) is 1.97. The Hall–Kier alpha value is -2.95. The molecule has 1 aliphatic carbocycles. The Morgan fingerprint density at radius 1 is 0.963 bits per heavy atom. The molecule has 0 bridgehead atoms. The fourth-order valence-electron chi connectivity index (χ4n) is 3.96. The van der Waals surface area contributed by atoms with E-state index in [1.54, 1.807) is 36.4 Å². The first kappa shape index (κ1) is 17.5. The van der Waals surface area contributed by atoms with Crippen LogP contribution in [0.5, 0.6) is 5.75 Å². The van der Waals surface area contributed by atoms with Gasteiger partial charge in [0.2, 0.25) is 11.8 Å². The van der Waals surface area contributed by atoms with E-state index in [0.29, 0.717) is 17.0 Å². The molecule has 0 unspecified atom stereocenters. The fourth-order valence-corrected chi connectivity index (χ4v) is 3.96. The lowest BCUT2D eigenvalue weighted by atomic mass is 9.81. The molecule has 5 nitrogen and oxygen atoms in total. The number of imide groups is 1. The van der Waals surface area contributed by atoms with Crippen LogP contribution in [-0.2, 0) is 9.59 Å². The van der Waals surface area contributed by atoms with Crippen molar-refractivity contribution in [1.82, 2.24) is 0 Å². The molecule has 2 aliphatic rings. The van der Waals surface area contributed by atoms with Crippen LogP contribution >= 0.6 is 0 Å². The number of fused-ring (bicyclic) bond motifs is 1. The highest BCUT2D eigenvalue weighted by Crippen LogP contribution is 2.40. The van der Waals surface area contributed by atoms with Gasteiger partial charge in [-0.15, -0.1) is 0 Å². The number of anilines is 1. The number of carbonyl (C=O) groups excluding carboxylic acids is 3. The van der Waals surface area contributed by atoms with E-state index >= 15 is 0 Å². The van der Waals surface area contributed by atoms with Crippen molar-refractivity contribution in [1.29, 1.82) is 0 Å². The van der Waals surface area contributed by atoms with Crippen molar-refractivity contribution in [2.75, 3.05) is 4.90 Å². The van der Waals surface area contributed by atoms with Gasteiger partial charge in [0, 0.05) is 6.07 Å². The predicted octanol–water partition coefficient (Wildman–Crippen LogP) is 3.89. The number of rotatable bonds is 3. The van der Waals surface area contributed by atoms with Gasteiger partial charge in [-0.05, 0) is 44.0 Å². The monoisotopic (exact) mass is 363 g/mol. The number of esters is 1. The van der Waals surface area contributed by atoms with Gasteiger partial charge in [0.05, 0.1) is 23.1 Å². The van der Waals surface area contributed by atoms with Gasteiger partial charge in [-0.3, -0.25) is 9.59 Å². The van der Waals surface area contributed by atoms with Gasteiger partial charge in [0.15, 0.2) is 0 Å². The maximum atomic E-state index is 12.7. The van der Waals surface area contributed by atoms with Crippen molar-refractivity contribution in [3.8, 4) is 5.75 Å². The molecule has 27 heavy (non-hydrogen) atoms. The van der Waals surface area contributed by atoms with E-state index in [4.69, 9.17) is 4.74 Å². The van der Waals surface area contributed by atoms with E-state index in [1.165, 1.54) is 4.90 Å². The molecule has 1 saturated heterocycles. The second kappa shape index (κ2) is 6.99. The van der Waals surface area contributed by atoms with Crippen LogP contribution in [-0.4, -0.2) is 17.8 Å². The van der Waals surface area contributed by atoms with Gasteiger partial charge in [0.1, 0.15) is 5.75 Å². The smallest absolute Gasteiger partial charge is 0.343 e. The lowest BCUT2D eigenvalue weighted by molar-refractivity contribution is -0.122. The van der Waals surface area contributed by atoms with Crippen LogP contribution in [0.15, 0.2) is 48.5 Å². The molecule has 138 valence electrons. The summed E-state index contributed by atoms with van der Waals surface area (Å²) >= 11 is 0. The topological polar surface area (TPSA) is 63.7 Å². The largest absolute Gasteiger partial charge is 0.423 e. The Balaban J connectivity index is 1.56. The zero-order chi connectivity index (χ0) is 19.0. The van der Waals surface area contributed by atoms with Gasteiger partial charge < -0.3 is 4.74 Å². The van der Waals surface area contributed by atoms with Crippen LogP contribution in [0.25, 0.3) is 0 Å². The maximum absolute atomic E-state index is 12.7. The van der Waals surface area contributed by atoms with Gasteiger partial charge in [-0.25, -0.2) is 9.69 Å². The van der Waals surface area contributed by atoms with E-state index in [2.05, 4.69) is 0 Å². The SMILES string of the molecule is Cc1ccc(C(=O)Oc2cccc(N3C(=O)[C@H]4CCCC[C@H]4C3=O)c2)cc1. The van der Waals surface area contributed by atoms with Crippen molar-refractivity contribution < 1.29 is 19.1 Å². The number of amides is 2. The zero-order valence-electron chi connectivity index (χ0n) is 15.2. The Bertz CT molecular complexity index is 879. The van der Waals surface area contributed by atoms with Crippen LogP contribution in [0.3, 0.4) is 0 Å². The van der Waals surface area contributed by atoms with Crippen LogP contribution in [0, 0.1) is 18.8 Å². The van der Waals surface area contributed by atoms with Gasteiger partial charge in [-0.1, -0.05) is 36.6 Å². The van der Waals surface area contributed by atoms with E-state index in [-0.39, 0.29) is 23.7 Å². The van der Waals surface area contributed by atoms with E-state index in [1.807, 2.05) is 19.1 Å². The Morgan fingerprint density at radius 2 is 1.59 bits per heavy atom.